The SMILES string of the molecule is CCOc1ccc(CCCC(=O)N2C[C@@H](Cc3cc(C)no3)[C@H](O)C2)cc1C. The fourth-order valence-electron chi connectivity index (χ4n) is 3.82. The van der Waals surface area contributed by atoms with E-state index in [2.05, 4.69) is 17.3 Å². The smallest absolute Gasteiger partial charge is 0.222 e. The van der Waals surface area contributed by atoms with Crippen molar-refractivity contribution in [2.75, 3.05) is 19.7 Å². The largest absolute Gasteiger partial charge is 0.494 e. The van der Waals surface area contributed by atoms with E-state index in [1.54, 1.807) is 4.90 Å². The topological polar surface area (TPSA) is 75.8 Å². The van der Waals surface area contributed by atoms with Gasteiger partial charge in [0.25, 0.3) is 0 Å². The first-order valence-electron chi connectivity index (χ1n) is 10.1. The first-order chi connectivity index (χ1) is 13.5. The molecule has 1 aliphatic rings. The van der Waals surface area contributed by atoms with Crippen LogP contribution in [-0.4, -0.2) is 46.9 Å². The van der Waals surface area contributed by atoms with E-state index < -0.39 is 6.10 Å². The number of amides is 1. The third-order valence-electron chi connectivity index (χ3n) is 5.29. The van der Waals surface area contributed by atoms with Crippen molar-refractivity contribution in [1.82, 2.24) is 10.1 Å². The number of nitrogens with zero attached hydrogens (tertiary/aromatic N) is 2. The maximum atomic E-state index is 12.5. The highest BCUT2D eigenvalue weighted by Crippen LogP contribution is 2.24. The van der Waals surface area contributed by atoms with E-state index >= 15 is 0 Å². The summed E-state index contributed by atoms with van der Waals surface area (Å²) in [7, 11) is 0. The Morgan fingerprint density at radius 1 is 1.32 bits per heavy atom. The summed E-state index contributed by atoms with van der Waals surface area (Å²) < 4.78 is 10.8. The lowest BCUT2D eigenvalue weighted by atomic mass is 10.0. The Morgan fingerprint density at radius 2 is 2.14 bits per heavy atom. The summed E-state index contributed by atoms with van der Waals surface area (Å²) in [4.78, 5) is 14.3. The van der Waals surface area contributed by atoms with Crippen LogP contribution in [0.4, 0.5) is 0 Å². The van der Waals surface area contributed by atoms with Crippen molar-refractivity contribution in [3.05, 3.63) is 46.8 Å². The molecule has 0 unspecified atom stereocenters. The van der Waals surface area contributed by atoms with Gasteiger partial charge in [-0.2, -0.15) is 0 Å². The van der Waals surface area contributed by atoms with Gasteiger partial charge in [-0.1, -0.05) is 17.3 Å². The highest BCUT2D eigenvalue weighted by atomic mass is 16.5. The molecule has 1 N–H and O–H groups in total. The van der Waals surface area contributed by atoms with Gasteiger partial charge < -0.3 is 19.3 Å². The van der Waals surface area contributed by atoms with E-state index in [9.17, 15) is 9.90 Å². The first-order valence-corrected chi connectivity index (χ1v) is 10.1. The number of carbonyl (C=O) groups is 1. The van der Waals surface area contributed by atoms with Gasteiger partial charge in [-0.25, -0.2) is 0 Å². The Bertz CT molecular complexity index is 802. The summed E-state index contributed by atoms with van der Waals surface area (Å²) in [6, 6.07) is 8.08. The number of aliphatic hydroxyl groups excluding tert-OH is 1. The minimum atomic E-state index is -0.511. The number of benzene rings is 1. The Morgan fingerprint density at radius 3 is 2.82 bits per heavy atom. The number of ether oxygens (including phenoxy) is 1. The zero-order valence-electron chi connectivity index (χ0n) is 17.0. The summed E-state index contributed by atoms with van der Waals surface area (Å²) in [5.74, 6) is 1.80. The van der Waals surface area contributed by atoms with E-state index in [1.165, 1.54) is 5.56 Å². The molecule has 1 aromatic heterocycles. The van der Waals surface area contributed by atoms with E-state index in [1.807, 2.05) is 32.9 Å². The number of carbonyl (C=O) groups excluding carboxylic acids is 1. The second-order valence-electron chi connectivity index (χ2n) is 7.65. The molecule has 2 atom stereocenters. The molecule has 0 radical (unpaired) electrons. The highest BCUT2D eigenvalue weighted by Gasteiger charge is 2.34. The summed E-state index contributed by atoms with van der Waals surface area (Å²) in [6.45, 7) is 7.53. The van der Waals surface area contributed by atoms with Crippen LogP contribution in [-0.2, 0) is 17.6 Å². The molecule has 1 fully saturated rings. The molecular formula is C22H30N2O4. The quantitative estimate of drug-likeness (QED) is 0.755. The van der Waals surface area contributed by atoms with Crippen molar-refractivity contribution in [1.29, 1.82) is 0 Å². The lowest BCUT2D eigenvalue weighted by Crippen LogP contribution is -2.29. The van der Waals surface area contributed by atoms with Gasteiger partial charge in [0, 0.05) is 37.9 Å². The van der Waals surface area contributed by atoms with Crippen LogP contribution in [0.2, 0.25) is 0 Å². The van der Waals surface area contributed by atoms with Gasteiger partial charge >= 0.3 is 0 Å². The molecule has 0 saturated carbocycles. The Balaban J connectivity index is 1.45. The summed E-state index contributed by atoms with van der Waals surface area (Å²) in [5, 5.41) is 14.2. The molecule has 2 aromatic rings. The lowest BCUT2D eigenvalue weighted by Gasteiger charge is -2.16. The second kappa shape index (κ2) is 9.24. The number of hydrogen-bond acceptors (Lipinski definition) is 5. The molecule has 0 spiro atoms. The predicted molar refractivity (Wildman–Crippen MR) is 106 cm³/mol. The third kappa shape index (κ3) is 5.13. The van der Waals surface area contributed by atoms with Crippen molar-refractivity contribution in [2.24, 2.45) is 5.92 Å². The van der Waals surface area contributed by atoms with Gasteiger partial charge in [0.15, 0.2) is 0 Å². The molecule has 3 rings (SSSR count). The molecule has 6 heteroatoms. The monoisotopic (exact) mass is 386 g/mol. The maximum absolute atomic E-state index is 12.5. The van der Waals surface area contributed by atoms with Crippen molar-refractivity contribution in [2.45, 2.75) is 52.6 Å². The Hall–Kier alpha value is -2.34. The molecule has 0 bridgehead atoms. The van der Waals surface area contributed by atoms with Crippen molar-refractivity contribution >= 4 is 5.91 Å². The second-order valence-corrected chi connectivity index (χ2v) is 7.65. The van der Waals surface area contributed by atoms with Crippen molar-refractivity contribution in [3.63, 3.8) is 0 Å². The molecule has 28 heavy (non-hydrogen) atoms. The molecule has 1 saturated heterocycles. The number of hydrogen-bond donors (Lipinski definition) is 1. The zero-order valence-corrected chi connectivity index (χ0v) is 17.0. The number of β-amino-alcohol motifs (C(OH)–C–C–N with tert-alkyl or cyclic N) is 1. The molecule has 1 aromatic carbocycles. The number of aromatic nitrogens is 1. The molecule has 2 heterocycles. The van der Waals surface area contributed by atoms with E-state index in [0.29, 0.717) is 32.5 Å². The van der Waals surface area contributed by atoms with Crippen LogP contribution in [0.3, 0.4) is 0 Å². The Kier molecular flexibility index (Phi) is 6.73. The van der Waals surface area contributed by atoms with E-state index in [-0.39, 0.29) is 11.8 Å². The molecule has 152 valence electrons. The van der Waals surface area contributed by atoms with Crippen LogP contribution in [0.1, 0.15) is 42.3 Å². The molecule has 1 amide bonds. The fourth-order valence-corrected chi connectivity index (χ4v) is 3.82. The summed E-state index contributed by atoms with van der Waals surface area (Å²) in [5.41, 5.74) is 3.17. The average molecular weight is 386 g/mol. The summed E-state index contributed by atoms with van der Waals surface area (Å²) >= 11 is 0. The minimum Gasteiger partial charge on any atom is -0.494 e. The van der Waals surface area contributed by atoms with Crippen LogP contribution in [0, 0.1) is 19.8 Å². The van der Waals surface area contributed by atoms with Gasteiger partial charge in [0.05, 0.1) is 18.4 Å². The van der Waals surface area contributed by atoms with Crippen molar-refractivity contribution in [3.8, 4) is 5.75 Å². The normalized spacial score (nSPS) is 19.2. The van der Waals surface area contributed by atoms with Crippen LogP contribution in [0.15, 0.2) is 28.8 Å². The predicted octanol–water partition coefficient (Wildman–Crippen LogP) is 3.07. The number of likely N-dealkylation sites (tertiary alicyclic amines) is 1. The number of aryl methyl sites for hydroxylation is 3. The first kappa shape index (κ1) is 20.4. The van der Waals surface area contributed by atoms with E-state index in [4.69, 9.17) is 9.26 Å². The van der Waals surface area contributed by atoms with Gasteiger partial charge in [-0.15, -0.1) is 0 Å². The van der Waals surface area contributed by atoms with Gasteiger partial charge in [0.1, 0.15) is 11.5 Å². The van der Waals surface area contributed by atoms with E-state index in [0.717, 1.165) is 35.6 Å². The fraction of sp³-hybridized carbons (Fsp3) is 0.545. The zero-order chi connectivity index (χ0) is 20.1. The number of rotatable bonds is 8. The maximum Gasteiger partial charge on any atom is 0.222 e. The van der Waals surface area contributed by atoms with Crippen LogP contribution in [0.5, 0.6) is 5.75 Å². The lowest BCUT2D eigenvalue weighted by molar-refractivity contribution is -0.130. The summed E-state index contributed by atoms with van der Waals surface area (Å²) in [6.07, 6.45) is 2.24. The molecular weight excluding hydrogens is 356 g/mol. The van der Waals surface area contributed by atoms with Crippen LogP contribution in [0.25, 0.3) is 0 Å². The van der Waals surface area contributed by atoms with Gasteiger partial charge in [0.2, 0.25) is 5.91 Å². The standard InChI is InChI=1S/C22H30N2O4/c1-4-27-21-9-8-17(10-15(21)2)6-5-7-22(26)24-13-18(20(25)14-24)12-19-11-16(3)23-28-19/h8-11,18,20,25H,4-7,12-14H2,1-3H3/t18-,20-/m1/s1. The minimum absolute atomic E-state index is 0.00468. The average Bonchev–Trinajstić information content (AvgIpc) is 3.23. The molecule has 1 aliphatic heterocycles. The Labute approximate surface area is 166 Å². The third-order valence-corrected chi connectivity index (χ3v) is 5.29. The van der Waals surface area contributed by atoms with Crippen molar-refractivity contribution < 1.29 is 19.2 Å². The van der Waals surface area contributed by atoms with Gasteiger partial charge in [-0.05, 0) is 50.8 Å². The molecule has 0 aliphatic carbocycles. The van der Waals surface area contributed by atoms with Crippen LogP contribution >= 0.6 is 0 Å². The van der Waals surface area contributed by atoms with Gasteiger partial charge in [-0.3, -0.25) is 4.79 Å². The highest BCUT2D eigenvalue weighted by molar-refractivity contribution is 5.76. The van der Waals surface area contributed by atoms with Crippen LogP contribution < -0.4 is 4.74 Å². The molecule has 6 nitrogen and oxygen atoms in total. The number of aliphatic hydroxyl groups is 1.